The van der Waals surface area contributed by atoms with E-state index in [1.165, 1.54) is 7.11 Å². The number of piperidine rings is 1. The first kappa shape index (κ1) is 17.9. The van der Waals surface area contributed by atoms with Gasteiger partial charge in [-0.25, -0.2) is 0 Å². The second-order valence-electron chi connectivity index (χ2n) is 6.58. The van der Waals surface area contributed by atoms with Gasteiger partial charge in [-0.3, -0.25) is 9.59 Å². The van der Waals surface area contributed by atoms with Crippen LogP contribution < -0.4 is 10.6 Å². The third kappa shape index (κ3) is 7.43. The van der Waals surface area contributed by atoms with Crippen LogP contribution in [0, 0.1) is 0 Å². The van der Waals surface area contributed by atoms with Crippen LogP contribution in [0.15, 0.2) is 0 Å². The van der Waals surface area contributed by atoms with Crippen molar-refractivity contribution in [2.75, 3.05) is 33.4 Å². The highest BCUT2D eigenvalue weighted by Gasteiger charge is 2.23. The number of nitrogens with zero attached hydrogens (tertiary/aromatic N) is 1. The molecule has 1 heterocycles. The Hall–Kier alpha value is -1.14. The van der Waals surface area contributed by atoms with Gasteiger partial charge in [0.05, 0.1) is 0 Å². The second kappa shape index (κ2) is 8.34. The molecule has 0 aromatic rings. The minimum atomic E-state index is -0.0864. The van der Waals surface area contributed by atoms with Crippen LogP contribution in [0.25, 0.3) is 0 Å². The fourth-order valence-electron chi connectivity index (χ4n) is 2.38. The highest BCUT2D eigenvalue weighted by molar-refractivity contribution is 5.78. The van der Waals surface area contributed by atoms with Gasteiger partial charge in [0, 0.05) is 44.7 Å². The summed E-state index contributed by atoms with van der Waals surface area (Å²) in [5.74, 6) is 0.102. The minimum Gasteiger partial charge on any atom is -0.375 e. The van der Waals surface area contributed by atoms with Gasteiger partial charge in [0.25, 0.3) is 0 Å². The van der Waals surface area contributed by atoms with Crippen LogP contribution in [-0.4, -0.2) is 61.6 Å². The van der Waals surface area contributed by atoms with Crippen LogP contribution in [0.1, 0.15) is 40.0 Å². The highest BCUT2D eigenvalue weighted by Crippen LogP contribution is 2.11. The Morgan fingerprint density at radius 2 is 1.86 bits per heavy atom. The molecular formula is C15H29N3O3. The van der Waals surface area contributed by atoms with Gasteiger partial charge in [0.15, 0.2) is 0 Å². The Morgan fingerprint density at radius 3 is 2.38 bits per heavy atom. The number of carbonyl (C=O) groups is 2. The molecular weight excluding hydrogens is 270 g/mol. The molecule has 0 bridgehead atoms. The number of nitrogens with one attached hydrogen (secondary N) is 2. The Labute approximate surface area is 127 Å². The number of carbonyl (C=O) groups excluding carboxylic acids is 2. The van der Waals surface area contributed by atoms with Crippen molar-refractivity contribution < 1.29 is 14.3 Å². The molecule has 0 aromatic heterocycles. The van der Waals surface area contributed by atoms with E-state index in [9.17, 15) is 9.59 Å². The summed E-state index contributed by atoms with van der Waals surface area (Å²) in [5.41, 5.74) is 0.0406. The number of amides is 2. The van der Waals surface area contributed by atoms with E-state index < -0.39 is 0 Å². The zero-order valence-electron chi connectivity index (χ0n) is 13.7. The predicted molar refractivity (Wildman–Crippen MR) is 82.0 cm³/mol. The fourth-order valence-corrected chi connectivity index (χ4v) is 2.38. The van der Waals surface area contributed by atoms with Gasteiger partial charge in [-0.2, -0.15) is 0 Å². The summed E-state index contributed by atoms with van der Waals surface area (Å²) in [6, 6.07) is 0.157. The molecule has 6 heteroatoms. The second-order valence-corrected chi connectivity index (χ2v) is 6.58. The first-order valence-electron chi connectivity index (χ1n) is 7.63. The lowest BCUT2D eigenvalue weighted by molar-refractivity contribution is -0.132. The lowest BCUT2D eigenvalue weighted by Crippen LogP contribution is -2.48. The minimum absolute atomic E-state index is 0.0406. The molecule has 0 atom stereocenters. The smallest absolute Gasteiger partial charge is 0.246 e. The predicted octanol–water partition coefficient (Wildman–Crippen LogP) is 0.518. The number of likely N-dealkylation sites (tertiary alicyclic amines) is 1. The first-order valence-corrected chi connectivity index (χ1v) is 7.63. The Balaban J connectivity index is 2.23. The lowest BCUT2D eigenvalue weighted by atomic mass is 10.0. The number of hydrogen-bond acceptors (Lipinski definition) is 4. The summed E-state index contributed by atoms with van der Waals surface area (Å²) >= 11 is 0. The fraction of sp³-hybridized carbons (Fsp3) is 0.867. The normalized spacial score (nSPS) is 16.9. The number of methoxy groups -OCH3 is 1. The molecule has 1 aliphatic rings. The van der Waals surface area contributed by atoms with Gasteiger partial charge in [0.2, 0.25) is 11.8 Å². The molecule has 0 spiro atoms. The third-order valence-corrected chi connectivity index (χ3v) is 3.48. The summed E-state index contributed by atoms with van der Waals surface area (Å²) in [4.78, 5) is 25.4. The Kier molecular flexibility index (Phi) is 7.11. The highest BCUT2D eigenvalue weighted by atomic mass is 16.5. The van der Waals surface area contributed by atoms with E-state index in [0.717, 1.165) is 12.8 Å². The summed E-state index contributed by atoms with van der Waals surface area (Å²) in [5, 5.41) is 6.25. The maximum absolute atomic E-state index is 12.1. The summed E-state index contributed by atoms with van der Waals surface area (Å²) in [7, 11) is 1.51. The van der Waals surface area contributed by atoms with Gasteiger partial charge in [-0.15, -0.1) is 0 Å². The van der Waals surface area contributed by atoms with Gasteiger partial charge < -0.3 is 20.3 Å². The summed E-state index contributed by atoms with van der Waals surface area (Å²) in [6.07, 6.45) is 2.15. The van der Waals surface area contributed by atoms with E-state index in [-0.39, 0.29) is 30.0 Å². The Morgan fingerprint density at radius 1 is 1.24 bits per heavy atom. The topological polar surface area (TPSA) is 70.7 Å². The standard InChI is InChI=1S/C15H29N3O3/c1-15(2,3)16-8-5-14(20)18-9-6-12(7-10-18)17-13(19)11-21-4/h12,16H,5-11H2,1-4H3,(H,17,19). The van der Waals surface area contributed by atoms with Gasteiger partial charge in [-0.05, 0) is 33.6 Å². The summed E-state index contributed by atoms with van der Waals surface area (Å²) < 4.78 is 4.79. The van der Waals surface area contributed by atoms with E-state index in [1.54, 1.807) is 0 Å². The van der Waals surface area contributed by atoms with Crippen LogP contribution in [0.3, 0.4) is 0 Å². The van der Waals surface area contributed by atoms with E-state index in [0.29, 0.717) is 26.1 Å². The molecule has 2 amide bonds. The SMILES string of the molecule is COCC(=O)NC1CCN(C(=O)CCNC(C)(C)C)CC1. The molecule has 0 unspecified atom stereocenters. The number of ether oxygens (including phenoxy) is 1. The largest absolute Gasteiger partial charge is 0.375 e. The maximum Gasteiger partial charge on any atom is 0.246 e. The van der Waals surface area contributed by atoms with Crippen molar-refractivity contribution in [1.82, 2.24) is 15.5 Å². The van der Waals surface area contributed by atoms with Crippen molar-refractivity contribution in [2.24, 2.45) is 0 Å². The van der Waals surface area contributed by atoms with Crippen LogP contribution >= 0.6 is 0 Å². The third-order valence-electron chi connectivity index (χ3n) is 3.48. The average Bonchev–Trinajstić information content (AvgIpc) is 2.38. The molecule has 2 N–H and O–H groups in total. The van der Waals surface area contributed by atoms with Crippen molar-refractivity contribution in [2.45, 2.75) is 51.6 Å². The van der Waals surface area contributed by atoms with Crippen molar-refractivity contribution in [3.8, 4) is 0 Å². The first-order chi connectivity index (χ1) is 9.81. The van der Waals surface area contributed by atoms with Crippen molar-refractivity contribution in [3.63, 3.8) is 0 Å². The van der Waals surface area contributed by atoms with Crippen LogP contribution in [0.2, 0.25) is 0 Å². The molecule has 6 nitrogen and oxygen atoms in total. The molecule has 122 valence electrons. The quantitative estimate of drug-likeness (QED) is 0.750. The van der Waals surface area contributed by atoms with Gasteiger partial charge in [0.1, 0.15) is 6.61 Å². The van der Waals surface area contributed by atoms with Crippen molar-refractivity contribution in [1.29, 1.82) is 0 Å². The monoisotopic (exact) mass is 299 g/mol. The van der Waals surface area contributed by atoms with E-state index in [4.69, 9.17) is 4.74 Å². The molecule has 0 aromatic carbocycles. The molecule has 0 radical (unpaired) electrons. The van der Waals surface area contributed by atoms with Crippen molar-refractivity contribution >= 4 is 11.8 Å². The molecule has 1 fully saturated rings. The average molecular weight is 299 g/mol. The zero-order chi connectivity index (χ0) is 15.9. The number of rotatable bonds is 6. The molecule has 1 saturated heterocycles. The molecule has 0 saturated carbocycles. The molecule has 1 aliphatic heterocycles. The molecule has 1 rings (SSSR count). The van der Waals surface area contributed by atoms with Crippen LogP contribution in [-0.2, 0) is 14.3 Å². The van der Waals surface area contributed by atoms with Gasteiger partial charge in [-0.1, -0.05) is 0 Å². The maximum atomic E-state index is 12.1. The van der Waals surface area contributed by atoms with E-state index in [2.05, 4.69) is 31.4 Å². The molecule has 0 aliphatic carbocycles. The van der Waals surface area contributed by atoms with Crippen LogP contribution in [0.4, 0.5) is 0 Å². The van der Waals surface area contributed by atoms with Crippen LogP contribution in [0.5, 0.6) is 0 Å². The van der Waals surface area contributed by atoms with E-state index >= 15 is 0 Å². The zero-order valence-corrected chi connectivity index (χ0v) is 13.7. The Bertz CT molecular complexity index is 345. The summed E-state index contributed by atoms with van der Waals surface area (Å²) in [6.45, 7) is 8.49. The number of hydrogen-bond donors (Lipinski definition) is 2. The molecule has 21 heavy (non-hydrogen) atoms. The van der Waals surface area contributed by atoms with Crippen molar-refractivity contribution in [3.05, 3.63) is 0 Å². The lowest BCUT2D eigenvalue weighted by Gasteiger charge is -2.32. The van der Waals surface area contributed by atoms with E-state index in [1.807, 2.05) is 4.90 Å². The van der Waals surface area contributed by atoms with Gasteiger partial charge >= 0.3 is 0 Å².